The summed E-state index contributed by atoms with van der Waals surface area (Å²) in [5.41, 5.74) is 2.32. The number of anilines is 1. The topological polar surface area (TPSA) is 86.9 Å². The lowest BCUT2D eigenvalue weighted by Gasteiger charge is -2.08. The number of carbonyl (C=O) groups is 1. The maximum Gasteiger partial charge on any atom is 0.350 e. The number of pyridine rings is 1. The molecule has 1 aliphatic heterocycles. The second-order valence-electron chi connectivity index (χ2n) is 6.59. The Kier molecular flexibility index (Phi) is 4.02. The van der Waals surface area contributed by atoms with Gasteiger partial charge in [0.1, 0.15) is 0 Å². The van der Waals surface area contributed by atoms with E-state index in [0.29, 0.717) is 34.9 Å². The maximum absolute atomic E-state index is 12.6. The van der Waals surface area contributed by atoms with Crippen molar-refractivity contribution in [3.63, 3.8) is 0 Å². The molecule has 0 radical (unpaired) electrons. The lowest BCUT2D eigenvalue weighted by atomic mass is 10.1. The molecule has 0 unspecified atom stereocenters. The summed E-state index contributed by atoms with van der Waals surface area (Å²) >= 11 is 0. The summed E-state index contributed by atoms with van der Waals surface area (Å²) in [6, 6.07) is 17.8. The molecule has 0 saturated carbocycles. The molecule has 1 aliphatic rings. The van der Waals surface area contributed by atoms with Crippen molar-refractivity contribution in [3.05, 3.63) is 88.5 Å². The van der Waals surface area contributed by atoms with E-state index in [1.807, 2.05) is 24.3 Å². The molecule has 0 aliphatic carbocycles. The fourth-order valence-electron chi connectivity index (χ4n) is 3.23. The number of nitrogens with one attached hydrogen (secondary N) is 1. The van der Waals surface area contributed by atoms with Crippen molar-refractivity contribution in [2.24, 2.45) is 0 Å². The summed E-state index contributed by atoms with van der Waals surface area (Å²) in [7, 11) is 0. The average molecular weight is 388 g/mol. The van der Waals surface area contributed by atoms with Crippen LogP contribution in [0.15, 0.2) is 71.7 Å². The molecule has 0 bridgehead atoms. The molecule has 3 heterocycles. The highest BCUT2D eigenvalue weighted by Gasteiger charge is 2.16. The minimum Gasteiger partial charge on any atom is -0.454 e. The zero-order valence-corrected chi connectivity index (χ0v) is 15.2. The molecule has 0 spiro atoms. The number of hydrogen-bond donors (Lipinski definition) is 1. The number of hydrogen-bond acceptors (Lipinski definition) is 5. The first-order chi connectivity index (χ1) is 14.2. The summed E-state index contributed by atoms with van der Waals surface area (Å²) in [4.78, 5) is 25.0. The van der Waals surface area contributed by atoms with E-state index in [1.54, 1.807) is 42.6 Å². The highest BCUT2D eigenvalue weighted by molar-refractivity contribution is 6.04. The SMILES string of the molecule is O=C(Nc1cccc(Cn2nc3ccccn3c2=O)c1)c1ccc2c(c1)OCO2. The van der Waals surface area contributed by atoms with E-state index >= 15 is 0 Å². The highest BCUT2D eigenvalue weighted by Crippen LogP contribution is 2.32. The van der Waals surface area contributed by atoms with Crippen LogP contribution in [0.2, 0.25) is 0 Å². The summed E-state index contributed by atoms with van der Waals surface area (Å²) in [6.07, 6.45) is 1.68. The smallest absolute Gasteiger partial charge is 0.350 e. The van der Waals surface area contributed by atoms with E-state index in [2.05, 4.69) is 10.4 Å². The Morgan fingerprint density at radius 3 is 2.83 bits per heavy atom. The van der Waals surface area contributed by atoms with Crippen LogP contribution in [0, 0.1) is 0 Å². The molecule has 29 heavy (non-hydrogen) atoms. The van der Waals surface area contributed by atoms with Gasteiger partial charge in [-0.15, -0.1) is 5.10 Å². The van der Waals surface area contributed by atoms with Gasteiger partial charge in [-0.3, -0.25) is 9.20 Å². The van der Waals surface area contributed by atoms with Gasteiger partial charge in [0.25, 0.3) is 5.91 Å². The second kappa shape index (κ2) is 6.83. The largest absolute Gasteiger partial charge is 0.454 e. The van der Waals surface area contributed by atoms with Gasteiger partial charge in [0, 0.05) is 17.4 Å². The Morgan fingerprint density at radius 2 is 1.93 bits per heavy atom. The number of carbonyl (C=O) groups excluding carboxylic acids is 1. The second-order valence-corrected chi connectivity index (χ2v) is 6.59. The number of aromatic nitrogens is 3. The highest BCUT2D eigenvalue weighted by atomic mass is 16.7. The molecule has 0 saturated heterocycles. The Morgan fingerprint density at radius 1 is 1.03 bits per heavy atom. The monoisotopic (exact) mass is 388 g/mol. The zero-order valence-electron chi connectivity index (χ0n) is 15.2. The Balaban J connectivity index is 1.36. The van der Waals surface area contributed by atoms with Crippen LogP contribution in [-0.2, 0) is 6.54 Å². The van der Waals surface area contributed by atoms with Crippen molar-refractivity contribution in [1.29, 1.82) is 0 Å². The van der Waals surface area contributed by atoms with Gasteiger partial charge in [0.2, 0.25) is 6.79 Å². The van der Waals surface area contributed by atoms with E-state index in [-0.39, 0.29) is 18.4 Å². The van der Waals surface area contributed by atoms with Crippen LogP contribution >= 0.6 is 0 Å². The molecule has 1 N–H and O–H groups in total. The normalized spacial score (nSPS) is 12.3. The number of ether oxygens (including phenoxy) is 2. The van der Waals surface area contributed by atoms with Crippen LogP contribution in [-0.4, -0.2) is 26.9 Å². The molecule has 2 aromatic carbocycles. The van der Waals surface area contributed by atoms with E-state index in [9.17, 15) is 9.59 Å². The van der Waals surface area contributed by atoms with Gasteiger partial charge in [-0.05, 0) is 48.0 Å². The number of amides is 1. The molecule has 144 valence electrons. The van der Waals surface area contributed by atoms with Gasteiger partial charge in [-0.2, -0.15) is 0 Å². The molecule has 4 aromatic rings. The predicted molar refractivity (Wildman–Crippen MR) is 106 cm³/mol. The molecular weight excluding hydrogens is 372 g/mol. The summed E-state index contributed by atoms with van der Waals surface area (Å²) < 4.78 is 13.5. The molecule has 1 amide bonds. The lowest BCUT2D eigenvalue weighted by molar-refractivity contribution is 0.102. The Bertz CT molecular complexity index is 1290. The van der Waals surface area contributed by atoms with E-state index < -0.39 is 0 Å². The molecular formula is C21H16N4O4. The Labute approximate surface area is 164 Å². The predicted octanol–water partition coefficient (Wildman–Crippen LogP) is 2.53. The van der Waals surface area contributed by atoms with Crippen LogP contribution in [0.3, 0.4) is 0 Å². The van der Waals surface area contributed by atoms with Crippen molar-refractivity contribution in [2.45, 2.75) is 6.54 Å². The van der Waals surface area contributed by atoms with Crippen LogP contribution in [0.1, 0.15) is 15.9 Å². The van der Waals surface area contributed by atoms with Crippen LogP contribution in [0.4, 0.5) is 5.69 Å². The number of rotatable bonds is 4. The number of fused-ring (bicyclic) bond motifs is 2. The number of benzene rings is 2. The van der Waals surface area contributed by atoms with Gasteiger partial charge in [0.15, 0.2) is 17.1 Å². The lowest BCUT2D eigenvalue weighted by Crippen LogP contribution is -2.21. The number of nitrogens with zero attached hydrogens (tertiary/aromatic N) is 3. The first kappa shape index (κ1) is 17.1. The van der Waals surface area contributed by atoms with E-state index in [1.165, 1.54) is 9.08 Å². The Hall–Kier alpha value is -4.07. The third-order valence-electron chi connectivity index (χ3n) is 4.64. The van der Waals surface area contributed by atoms with Gasteiger partial charge in [-0.25, -0.2) is 9.48 Å². The van der Waals surface area contributed by atoms with Gasteiger partial charge in [-0.1, -0.05) is 18.2 Å². The first-order valence-electron chi connectivity index (χ1n) is 9.01. The molecule has 8 nitrogen and oxygen atoms in total. The zero-order chi connectivity index (χ0) is 19.8. The van der Waals surface area contributed by atoms with Crippen molar-refractivity contribution < 1.29 is 14.3 Å². The minimum absolute atomic E-state index is 0.158. The molecule has 2 aromatic heterocycles. The first-order valence-corrected chi connectivity index (χ1v) is 9.01. The minimum atomic E-state index is -0.259. The van der Waals surface area contributed by atoms with Crippen molar-refractivity contribution in [1.82, 2.24) is 14.2 Å². The maximum atomic E-state index is 12.6. The molecule has 5 rings (SSSR count). The van der Waals surface area contributed by atoms with Crippen molar-refractivity contribution >= 4 is 17.2 Å². The third kappa shape index (κ3) is 3.20. The van der Waals surface area contributed by atoms with Crippen molar-refractivity contribution in [3.8, 4) is 11.5 Å². The summed E-state index contributed by atoms with van der Waals surface area (Å²) in [5, 5.41) is 7.20. The van der Waals surface area contributed by atoms with Crippen molar-refractivity contribution in [2.75, 3.05) is 12.1 Å². The van der Waals surface area contributed by atoms with E-state index in [0.717, 1.165) is 5.56 Å². The van der Waals surface area contributed by atoms with Crippen LogP contribution in [0.25, 0.3) is 5.65 Å². The third-order valence-corrected chi connectivity index (χ3v) is 4.64. The summed E-state index contributed by atoms with van der Waals surface area (Å²) in [6.45, 7) is 0.457. The van der Waals surface area contributed by atoms with Gasteiger partial charge < -0.3 is 14.8 Å². The van der Waals surface area contributed by atoms with Gasteiger partial charge in [0.05, 0.1) is 6.54 Å². The standard InChI is InChI=1S/C21H16N4O4/c26-20(15-7-8-17-18(11-15)29-13-28-17)22-16-5-3-4-14(10-16)12-25-21(27)24-9-2-1-6-19(24)23-25/h1-11H,12-13H2,(H,22,26). The molecule has 0 fully saturated rings. The van der Waals surface area contributed by atoms with E-state index in [4.69, 9.17) is 9.47 Å². The van der Waals surface area contributed by atoms with Gasteiger partial charge >= 0.3 is 5.69 Å². The summed E-state index contributed by atoms with van der Waals surface area (Å²) in [5.74, 6) is 0.921. The fraction of sp³-hybridized carbons (Fsp3) is 0.0952. The van der Waals surface area contributed by atoms with Crippen LogP contribution in [0.5, 0.6) is 11.5 Å². The fourth-order valence-corrected chi connectivity index (χ4v) is 3.23. The quantitative estimate of drug-likeness (QED) is 0.581. The molecule has 0 atom stereocenters. The van der Waals surface area contributed by atoms with Crippen LogP contribution < -0.4 is 20.5 Å². The molecule has 8 heteroatoms. The average Bonchev–Trinajstić information content (AvgIpc) is 3.33.